The average Bonchev–Trinajstić information content (AvgIpc) is 2.49. The number of anilines is 1. The Morgan fingerprint density at radius 3 is 2.85 bits per heavy atom. The lowest BCUT2D eigenvalue weighted by atomic mass is 10.1. The fourth-order valence-electron chi connectivity index (χ4n) is 1.87. The molecule has 0 radical (unpaired) electrons. The number of pyridine rings is 1. The molecule has 0 saturated carbocycles. The van der Waals surface area contributed by atoms with E-state index in [1.165, 1.54) is 7.11 Å². The lowest BCUT2D eigenvalue weighted by Crippen LogP contribution is -2.12. The highest BCUT2D eigenvalue weighted by atomic mass is 35.5. The number of esters is 1. The zero-order chi connectivity index (χ0) is 14.5. The first kappa shape index (κ1) is 14.3. The van der Waals surface area contributed by atoms with Gasteiger partial charge in [0.25, 0.3) is 0 Å². The molecule has 2 aromatic rings. The highest BCUT2D eigenvalue weighted by Crippen LogP contribution is 2.25. The molecule has 0 spiro atoms. The summed E-state index contributed by atoms with van der Waals surface area (Å²) in [5, 5.41) is 3.76. The van der Waals surface area contributed by atoms with Crippen LogP contribution in [0.5, 0.6) is 0 Å². The van der Waals surface area contributed by atoms with Gasteiger partial charge in [0.2, 0.25) is 0 Å². The molecular formula is C15H15ClN2O2. The van der Waals surface area contributed by atoms with Crippen LogP contribution in [0.25, 0.3) is 0 Å². The Balaban J connectivity index is 2.27. The Labute approximate surface area is 122 Å². The zero-order valence-corrected chi connectivity index (χ0v) is 12.0. The Bertz CT molecular complexity index is 602. The van der Waals surface area contributed by atoms with Crippen molar-refractivity contribution in [3.05, 3.63) is 58.9 Å². The third-order valence-corrected chi connectivity index (χ3v) is 3.18. The molecule has 0 aliphatic rings. The van der Waals surface area contributed by atoms with Gasteiger partial charge in [-0.2, -0.15) is 0 Å². The predicted molar refractivity (Wildman–Crippen MR) is 79.1 cm³/mol. The SMILES string of the molecule is COC(=O)c1cc(Cl)ccc1NC(C)c1cccnc1. The van der Waals surface area contributed by atoms with E-state index in [1.54, 1.807) is 30.6 Å². The van der Waals surface area contributed by atoms with Crippen LogP contribution in [-0.4, -0.2) is 18.1 Å². The highest BCUT2D eigenvalue weighted by Gasteiger charge is 2.15. The Morgan fingerprint density at radius 2 is 2.20 bits per heavy atom. The minimum absolute atomic E-state index is 0.00767. The van der Waals surface area contributed by atoms with Gasteiger partial charge in [0, 0.05) is 23.1 Å². The summed E-state index contributed by atoms with van der Waals surface area (Å²) in [7, 11) is 1.34. The van der Waals surface area contributed by atoms with E-state index in [2.05, 4.69) is 10.3 Å². The van der Waals surface area contributed by atoms with E-state index in [0.717, 1.165) is 5.56 Å². The monoisotopic (exact) mass is 290 g/mol. The summed E-state index contributed by atoms with van der Waals surface area (Å²) < 4.78 is 4.77. The van der Waals surface area contributed by atoms with Crippen LogP contribution >= 0.6 is 11.6 Å². The molecule has 1 aromatic carbocycles. The molecule has 0 bridgehead atoms. The predicted octanol–water partition coefficient (Wildman–Crippen LogP) is 3.69. The lowest BCUT2D eigenvalue weighted by molar-refractivity contribution is 0.0602. The fourth-order valence-corrected chi connectivity index (χ4v) is 2.04. The van der Waals surface area contributed by atoms with Gasteiger partial charge in [-0.3, -0.25) is 4.98 Å². The average molecular weight is 291 g/mol. The van der Waals surface area contributed by atoms with E-state index >= 15 is 0 Å². The number of hydrogen-bond acceptors (Lipinski definition) is 4. The van der Waals surface area contributed by atoms with Gasteiger partial charge in [0.1, 0.15) is 0 Å². The zero-order valence-electron chi connectivity index (χ0n) is 11.3. The van der Waals surface area contributed by atoms with E-state index < -0.39 is 5.97 Å². The van der Waals surface area contributed by atoms with Crippen molar-refractivity contribution in [2.75, 3.05) is 12.4 Å². The number of carbonyl (C=O) groups is 1. The van der Waals surface area contributed by atoms with Crippen LogP contribution in [0.1, 0.15) is 28.9 Å². The molecule has 5 heteroatoms. The molecule has 1 atom stereocenters. The van der Waals surface area contributed by atoms with Gasteiger partial charge in [-0.05, 0) is 36.8 Å². The molecule has 1 heterocycles. The Morgan fingerprint density at radius 1 is 1.40 bits per heavy atom. The van der Waals surface area contributed by atoms with Gasteiger partial charge in [0.05, 0.1) is 18.7 Å². The number of rotatable bonds is 4. The van der Waals surface area contributed by atoms with Crippen molar-refractivity contribution < 1.29 is 9.53 Å². The highest BCUT2D eigenvalue weighted by molar-refractivity contribution is 6.31. The van der Waals surface area contributed by atoms with Gasteiger partial charge < -0.3 is 10.1 Å². The van der Waals surface area contributed by atoms with Crippen molar-refractivity contribution in [1.82, 2.24) is 4.98 Å². The quantitative estimate of drug-likeness (QED) is 0.873. The number of hydrogen-bond donors (Lipinski definition) is 1. The first-order chi connectivity index (χ1) is 9.61. The second kappa shape index (κ2) is 6.39. The molecule has 0 aliphatic carbocycles. The summed E-state index contributed by atoms with van der Waals surface area (Å²) in [6, 6.07) is 8.93. The lowest BCUT2D eigenvalue weighted by Gasteiger charge is -2.17. The van der Waals surface area contributed by atoms with Crippen LogP contribution in [0.4, 0.5) is 5.69 Å². The molecule has 0 fully saturated rings. The number of halogens is 1. The number of carbonyl (C=O) groups excluding carboxylic acids is 1. The number of benzene rings is 1. The second-order valence-electron chi connectivity index (χ2n) is 4.33. The number of nitrogens with zero attached hydrogens (tertiary/aromatic N) is 1. The molecule has 1 aromatic heterocycles. The van der Waals surface area contributed by atoms with Crippen LogP contribution in [0.2, 0.25) is 5.02 Å². The molecule has 0 aliphatic heterocycles. The summed E-state index contributed by atoms with van der Waals surface area (Å²) in [5.74, 6) is -0.423. The molecule has 1 N–H and O–H groups in total. The van der Waals surface area contributed by atoms with Gasteiger partial charge in [-0.15, -0.1) is 0 Å². The van der Waals surface area contributed by atoms with Crippen molar-refractivity contribution in [3.8, 4) is 0 Å². The third-order valence-electron chi connectivity index (χ3n) is 2.94. The topological polar surface area (TPSA) is 51.2 Å². The van der Waals surface area contributed by atoms with Crippen LogP contribution in [0, 0.1) is 0 Å². The van der Waals surface area contributed by atoms with E-state index in [0.29, 0.717) is 16.3 Å². The third kappa shape index (κ3) is 3.27. The summed E-state index contributed by atoms with van der Waals surface area (Å²) >= 11 is 5.93. The Kier molecular flexibility index (Phi) is 4.58. The van der Waals surface area contributed by atoms with Gasteiger partial charge >= 0.3 is 5.97 Å². The van der Waals surface area contributed by atoms with Gasteiger partial charge in [-0.1, -0.05) is 17.7 Å². The van der Waals surface area contributed by atoms with E-state index in [4.69, 9.17) is 16.3 Å². The second-order valence-corrected chi connectivity index (χ2v) is 4.77. The minimum Gasteiger partial charge on any atom is -0.465 e. The van der Waals surface area contributed by atoms with Crippen LogP contribution in [0.15, 0.2) is 42.7 Å². The minimum atomic E-state index is -0.423. The summed E-state index contributed by atoms with van der Waals surface area (Å²) in [4.78, 5) is 15.9. The standard InChI is InChI=1S/C15H15ClN2O2/c1-10(11-4-3-7-17-9-11)18-14-6-5-12(16)8-13(14)15(19)20-2/h3-10,18H,1-2H3. The number of nitrogens with one attached hydrogen (secondary N) is 1. The van der Waals surface area contributed by atoms with E-state index in [-0.39, 0.29) is 6.04 Å². The Hall–Kier alpha value is -2.07. The smallest absolute Gasteiger partial charge is 0.340 e. The van der Waals surface area contributed by atoms with E-state index in [9.17, 15) is 4.79 Å². The van der Waals surface area contributed by atoms with Crippen LogP contribution in [-0.2, 0) is 4.74 Å². The first-order valence-corrected chi connectivity index (χ1v) is 6.54. The van der Waals surface area contributed by atoms with Crippen LogP contribution in [0.3, 0.4) is 0 Å². The van der Waals surface area contributed by atoms with Crippen molar-refractivity contribution in [2.45, 2.75) is 13.0 Å². The van der Waals surface area contributed by atoms with Crippen molar-refractivity contribution in [1.29, 1.82) is 0 Å². The van der Waals surface area contributed by atoms with Crippen LogP contribution < -0.4 is 5.32 Å². The molecule has 4 nitrogen and oxygen atoms in total. The van der Waals surface area contributed by atoms with E-state index in [1.807, 2.05) is 19.1 Å². The maximum absolute atomic E-state index is 11.8. The normalized spacial score (nSPS) is 11.8. The van der Waals surface area contributed by atoms with Gasteiger partial charge in [0.15, 0.2) is 0 Å². The molecule has 2 rings (SSSR count). The summed E-state index contributed by atoms with van der Waals surface area (Å²) in [6.07, 6.45) is 3.50. The first-order valence-electron chi connectivity index (χ1n) is 6.16. The maximum atomic E-state index is 11.8. The maximum Gasteiger partial charge on any atom is 0.340 e. The summed E-state index contributed by atoms with van der Waals surface area (Å²) in [6.45, 7) is 1.99. The molecule has 0 saturated heterocycles. The fraction of sp³-hybridized carbons (Fsp3) is 0.200. The molecule has 20 heavy (non-hydrogen) atoms. The largest absolute Gasteiger partial charge is 0.465 e. The molecular weight excluding hydrogens is 276 g/mol. The number of aromatic nitrogens is 1. The van der Waals surface area contributed by atoms with Crippen molar-refractivity contribution in [3.63, 3.8) is 0 Å². The van der Waals surface area contributed by atoms with Gasteiger partial charge in [-0.25, -0.2) is 4.79 Å². The molecule has 1 unspecified atom stereocenters. The van der Waals surface area contributed by atoms with Crippen molar-refractivity contribution >= 4 is 23.3 Å². The number of ether oxygens (including phenoxy) is 1. The number of methoxy groups -OCH3 is 1. The molecule has 0 amide bonds. The van der Waals surface area contributed by atoms with Crippen molar-refractivity contribution in [2.24, 2.45) is 0 Å². The summed E-state index contributed by atoms with van der Waals surface area (Å²) in [5.41, 5.74) is 2.12. The molecule has 104 valence electrons.